The Hall–Kier alpha value is -3.23. The van der Waals surface area contributed by atoms with Gasteiger partial charge in [0.05, 0.1) is 20.2 Å². The number of carbonyl (C=O) groups excluding carboxylic acids is 2. The molecule has 0 saturated carbocycles. The molecule has 0 aliphatic heterocycles. The summed E-state index contributed by atoms with van der Waals surface area (Å²) in [4.78, 5) is 30.9. The number of thiazole rings is 1. The molecule has 2 aromatic carbocycles. The molecule has 0 saturated heterocycles. The number of ether oxygens (including phenoxy) is 1. The molecule has 30 heavy (non-hydrogen) atoms. The van der Waals surface area contributed by atoms with Crippen molar-refractivity contribution in [1.29, 1.82) is 0 Å². The lowest BCUT2D eigenvalue weighted by molar-refractivity contribution is -0.123. The number of rotatable bonds is 9. The van der Waals surface area contributed by atoms with Crippen molar-refractivity contribution in [2.75, 3.05) is 32.6 Å². The van der Waals surface area contributed by atoms with Crippen molar-refractivity contribution < 1.29 is 14.3 Å². The zero-order chi connectivity index (χ0) is 21.3. The first-order valence-corrected chi connectivity index (χ1v) is 10.3. The third-order valence-corrected chi connectivity index (χ3v) is 5.16. The summed E-state index contributed by atoms with van der Waals surface area (Å²) in [5.41, 5.74) is 1.60. The number of methoxy groups -OCH3 is 1. The predicted molar refractivity (Wildman–Crippen MR) is 118 cm³/mol. The van der Waals surface area contributed by atoms with Gasteiger partial charge in [-0.3, -0.25) is 14.5 Å². The molecule has 7 nitrogen and oxygen atoms in total. The Labute approximate surface area is 179 Å². The topological polar surface area (TPSA) is 83.6 Å². The van der Waals surface area contributed by atoms with Crippen molar-refractivity contribution in [3.63, 3.8) is 0 Å². The van der Waals surface area contributed by atoms with Gasteiger partial charge in [0, 0.05) is 23.3 Å². The first-order chi connectivity index (χ1) is 14.5. The maximum absolute atomic E-state index is 12.6. The van der Waals surface area contributed by atoms with E-state index in [0.29, 0.717) is 11.4 Å². The molecule has 0 bridgehead atoms. The average Bonchev–Trinajstić information content (AvgIpc) is 3.27. The second-order valence-electron chi connectivity index (χ2n) is 6.73. The highest BCUT2D eigenvalue weighted by molar-refractivity contribution is 7.09. The lowest BCUT2D eigenvalue weighted by Crippen LogP contribution is -2.40. The summed E-state index contributed by atoms with van der Waals surface area (Å²) >= 11 is 1.49. The van der Waals surface area contributed by atoms with Crippen LogP contribution in [0.3, 0.4) is 0 Å². The van der Waals surface area contributed by atoms with Crippen molar-refractivity contribution in [3.05, 3.63) is 76.7 Å². The highest BCUT2D eigenvalue weighted by Crippen LogP contribution is 2.23. The third-order valence-electron chi connectivity index (χ3n) is 4.32. The van der Waals surface area contributed by atoms with Gasteiger partial charge in [0.15, 0.2) is 0 Å². The maximum atomic E-state index is 12.6. The second kappa shape index (κ2) is 10.5. The van der Waals surface area contributed by atoms with Crippen LogP contribution in [0.4, 0.5) is 5.69 Å². The van der Waals surface area contributed by atoms with E-state index in [1.165, 1.54) is 11.3 Å². The summed E-state index contributed by atoms with van der Waals surface area (Å²) in [6.07, 6.45) is 1.72. The normalized spacial score (nSPS) is 11.7. The number of hydrogen-bond donors (Lipinski definition) is 2. The van der Waals surface area contributed by atoms with Crippen molar-refractivity contribution >= 4 is 28.8 Å². The van der Waals surface area contributed by atoms with Gasteiger partial charge in [0.25, 0.3) is 0 Å². The molecule has 0 aliphatic rings. The van der Waals surface area contributed by atoms with Gasteiger partial charge in [-0.2, -0.15) is 0 Å². The fraction of sp³-hybridized carbons (Fsp3) is 0.227. The van der Waals surface area contributed by atoms with Gasteiger partial charge >= 0.3 is 0 Å². The summed E-state index contributed by atoms with van der Waals surface area (Å²) in [6, 6.07) is 16.5. The molecule has 1 aromatic heterocycles. The second-order valence-corrected chi connectivity index (χ2v) is 7.66. The number of aromatic nitrogens is 1. The van der Waals surface area contributed by atoms with E-state index in [9.17, 15) is 9.59 Å². The SMILES string of the molecule is COc1cccc(NC(=O)CN(C)CC(=O)NC(c2ccccc2)c2nccs2)c1. The van der Waals surface area contributed by atoms with Crippen molar-refractivity contribution in [2.45, 2.75) is 6.04 Å². The van der Waals surface area contributed by atoms with Crippen LogP contribution in [0.15, 0.2) is 66.2 Å². The molecule has 0 spiro atoms. The van der Waals surface area contributed by atoms with Crippen LogP contribution in [0.25, 0.3) is 0 Å². The van der Waals surface area contributed by atoms with E-state index in [4.69, 9.17) is 4.74 Å². The van der Waals surface area contributed by atoms with Gasteiger partial charge < -0.3 is 15.4 Å². The molecule has 1 atom stereocenters. The predicted octanol–water partition coefficient (Wildman–Crippen LogP) is 2.93. The van der Waals surface area contributed by atoms with Gasteiger partial charge in [-0.15, -0.1) is 11.3 Å². The minimum atomic E-state index is -0.322. The van der Waals surface area contributed by atoms with Crippen LogP contribution >= 0.6 is 11.3 Å². The monoisotopic (exact) mass is 424 g/mol. The van der Waals surface area contributed by atoms with Crippen LogP contribution in [0.1, 0.15) is 16.6 Å². The zero-order valence-corrected chi connectivity index (χ0v) is 17.7. The molecule has 0 fully saturated rings. The van der Waals surface area contributed by atoms with Gasteiger partial charge in [0.1, 0.15) is 16.8 Å². The van der Waals surface area contributed by atoms with E-state index < -0.39 is 0 Å². The summed E-state index contributed by atoms with van der Waals surface area (Å²) in [7, 11) is 3.30. The number of nitrogens with one attached hydrogen (secondary N) is 2. The Kier molecular flexibility index (Phi) is 7.53. The highest BCUT2D eigenvalue weighted by Gasteiger charge is 2.20. The molecular formula is C22H24N4O3S. The number of anilines is 1. The standard InChI is InChI=1S/C22H24N4O3S/c1-26(14-19(27)24-17-9-6-10-18(13-17)29-2)15-20(28)25-21(22-23-11-12-30-22)16-7-4-3-5-8-16/h3-13,21H,14-15H2,1-2H3,(H,24,27)(H,25,28). The van der Waals surface area contributed by atoms with Crippen LogP contribution in [-0.4, -0.2) is 48.9 Å². The van der Waals surface area contributed by atoms with Gasteiger partial charge in [-0.05, 0) is 24.7 Å². The van der Waals surface area contributed by atoms with Gasteiger partial charge in [-0.1, -0.05) is 36.4 Å². The van der Waals surface area contributed by atoms with Gasteiger partial charge in [-0.25, -0.2) is 4.98 Å². The van der Waals surface area contributed by atoms with Crippen molar-refractivity contribution in [3.8, 4) is 5.75 Å². The molecule has 2 amide bonds. The first-order valence-electron chi connectivity index (χ1n) is 9.41. The number of amides is 2. The van der Waals surface area contributed by atoms with E-state index in [2.05, 4.69) is 15.6 Å². The summed E-state index contributed by atoms with van der Waals surface area (Å²) in [5, 5.41) is 8.53. The molecule has 1 unspecified atom stereocenters. The van der Waals surface area contributed by atoms with E-state index in [-0.39, 0.29) is 30.9 Å². The molecule has 0 aliphatic carbocycles. The Morgan fingerprint density at radius 3 is 2.57 bits per heavy atom. The minimum absolute atomic E-state index is 0.0812. The lowest BCUT2D eigenvalue weighted by atomic mass is 10.1. The molecule has 0 radical (unpaired) electrons. The zero-order valence-electron chi connectivity index (χ0n) is 16.9. The van der Waals surface area contributed by atoms with Crippen LogP contribution in [0.2, 0.25) is 0 Å². The quantitative estimate of drug-likeness (QED) is 0.552. The molecule has 3 rings (SSSR count). The Balaban J connectivity index is 1.55. The highest BCUT2D eigenvalue weighted by atomic mass is 32.1. The van der Waals surface area contributed by atoms with Crippen LogP contribution in [-0.2, 0) is 9.59 Å². The van der Waals surface area contributed by atoms with Gasteiger partial charge in [0.2, 0.25) is 11.8 Å². The molecule has 2 N–H and O–H groups in total. The number of carbonyl (C=O) groups is 2. The minimum Gasteiger partial charge on any atom is -0.497 e. The molecular weight excluding hydrogens is 400 g/mol. The van der Waals surface area contributed by atoms with Crippen LogP contribution < -0.4 is 15.4 Å². The van der Waals surface area contributed by atoms with Crippen LogP contribution in [0.5, 0.6) is 5.75 Å². The summed E-state index contributed by atoms with van der Waals surface area (Å²) in [5.74, 6) is 0.267. The van der Waals surface area contributed by atoms with E-state index in [1.54, 1.807) is 49.5 Å². The maximum Gasteiger partial charge on any atom is 0.238 e. The smallest absolute Gasteiger partial charge is 0.238 e. The summed E-state index contributed by atoms with van der Waals surface area (Å²) < 4.78 is 5.16. The number of benzene rings is 2. The molecule has 1 heterocycles. The van der Waals surface area contributed by atoms with Crippen molar-refractivity contribution in [1.82, 2.24) is 15.2 Å². The third kappa shape index (κ3) is 6.13. The van der Waals surface area contributed by atoms with E-state index >= 15 is 0 Å². The molecule has 3 aromatic rings. The molecule has 8 heteroatoms. The van der Waals surface area contributed by atoms with E-state index in [1.807, 2.05) is 35.7 Å². The Morgan fingerprint density at radius 2 is 1.87 bits per heavy atom. The fourth-order valence-corrected chi connectivity index (χ4v) is 3.68. The average molecular weight is 425 g/mol. The first kappa shape index (κ1) is 21.5. The van der Waals surface area contributed by atoms with Crippen LogP contribution in [0, 0.1) is 0 Å². The Morgan fingerprint density at radius 1 is 1.10 bits per heavy atom. The number of likely N-dealkylation sites (N-methyl/N-ethyl adjacent to an activating group) is 1. The number of nitrogens with zero attached hydrogens (tertiary/aromatic N) is 2. The lowest BCUT2D eigenvalue weighted by Gasteiger charge is -2.20. The summed E-state index contributed by atoms with van der Waals surface area (Å²) in [6.45, 7) is 0.165. The molecule has 156 valence electrons. The number of hydrogen-bond acceptors (Lipinski definition) is 6. The van der Waals surface area contributed by atoms with E-state index in [0.717, 1.165) is 10.6 Å². The Bertz CT molecular complexity index is 964. The largest absolute Gasteiger partial charge is 0.497 e. The van der Waals surface area contributed by atoms with Crippen molar-refractivity contribution in [2.24, 2.45) is 0 Å². The fourth-order valence-electron chi connectivity index (χ4n) is 2.96.